The van der Waals surface area contributed by atoms with Crippen LogP contribution in [0.4, 0.5) is 19.0 Å². The molecule has 1 saturated heterocycles. The van der Waals surface area contributed by atoms with Crippen molar-refractivity contribution in [3.8, 4) is 11.5 Å². The highest BCUT2D eigenvalue weighted by Gasteiger charge is 2.32. The van der Waals surface area contributed by atoms with Crippen molar-refractivity contribution in [2.45, 2.75) is 32.2 Å². The molecule has 2 atom stereocenters. The van der Waals surface area contributed by atoms with Crippen LogP contribution in [0.1, 0.15) is 29.8 Å². The average molecular weight is 443 g/mol. The molecule has 0 radical (unpaired) electrons. The number of imidazole rings is 1. The fourth-order valence-electron chi connectivity index (χ4n) is 3.96. The van der Waals surface area contributed by atoms with Crippen LogP contribution in [0.2, 0.25) is 0 Å². The number of hydrogen-bond acceptors (Lipinski definition) is 6. The molecule has 5 rings (SSSR count). The summed E-state index contributed by atoms with van der Waals surface area (Å²) in [5, 5.41) is 7.01. The highest BCUT2D eigenvalue weighted by atomic mass is 19.4. The predicted molar refractivity (Wildman–Crippen MR) is 110 cm³/mol. The summed E-state index contributed by atoms with van der Waals surface area (Å²) in [7, 11) is 0. The summed E-state index contributed by atoms with van der Waals surface area (Å²) in [4.78, 5) is 15.2. The molecule has 1 N–H and O–H groups in total. The van der Waals surface area contributed by atoms with Crippen molar-refractivity contribution in [2.24, 2.45) is 0 Å². The highest BCUT2D eigenvalue weighted by Crippen LogP contribution is 2.32. The van der Waals surface area contributed by atoms with Crippen molar-refractivity contribution >= 4 is 11.5 Å². The molecule has 4 aromatic heterocycles. The van der Waals surface area contributed by atoms with E-state index in [2.05, 4.69) is 30.0 Å². The fourth-order valence-corrected chi connectivity index (χ4v) is 3.96. The zero-order valence-corrected chi connectivity index (χ0v) is 17.3. The maximum absolute atomic E-state index is 13.2. The van der Waals surface area contributed by atoms with E-state index >= 15 is 0 Å². The van der Waals surface area contributed by atoms with Crippen LogP contribution < -0.4 is 4.90 Å². The van der Waals surface area contributed by atoms with Crippen LogP contribution in [-0.2, 0) is 10.9 Å². The second-order valence-corrected chi connectivity index (χ2v) is 7.82. The number of nitrogens with one attached hydrogen (secondary N) is 1. The maximum atomic E-state index is 13.2. The van der Waals surface area contributed by atoms with Crippen LogP contribution in [0.5, 0.6) is 0 Å². The number of alkyl halides is 3. The van der Waals surface area contributed by atoms with Crippen molar-refractivity contribution in [3.05, 3.63) is 59.8 Å². The van der Waals surface area contributed by atoms with Gasteiger partial charge in [-0.25, -0.2) is 15.0 Å². The van der Waals surface area contributed by atoms with Gasteiger partial charge in [-0.15, -0.1) is 0 Å². The molecule has 5 heterocycles. The first kappa shape index (κ1) is 20.4. The topological polar surface area (TPSA) is 84.2 Å². The van der Waals surface area contributed by atoms with E-state index in [4.69, 9.17) is 4.74 Å². The molecule has 0 saturated carbocycles. The summed E-state index contributed by atoms with van der Waals surface area (Å²) in [5.41, 5.74) is 1.94. The monoisotopic (exact) mass is 443 g/mol. The molecule has 0 bridgehead atoms. The van der Waals surface area contributed by atoms with E-state index in [0.29, 0.717) is 36.1 Å². The molecule has 1 aliphatic heterocycles. The number of H-pyrrole nitrogens is 1. The SMILES string of the molecule is Cc1[nH]ncc1[C@H]1CN(c2ccnc(-c3cnc4ccc(C(F)(F)F)cn34)n2)C[C@@H](C)O1. The van der Waals surface area contributed by atoms with E-state index in [-0.39, 0.29) is 12.2 Å². The maximum Gasteiger partial charge on any atom is 0.417 e. The summed E-state index contributed by atoms with van der Waals surface area (Å²) in [5.74, 6) is 0.961. The van der Waals surface area contributed by atoms with Crippen LogP contribution in [0.25, 0.3) is 17.2 Å². The Kier molecular flexibility index (Phi) is 4.85. The first-order chi connectivity index (χ1) is 15.3. The number of aromatic nitrogens is 6. The van der Waals surface area contributed by atoms with E-state index in [1.165, 1.54) is 16.7 Å². The Bertz CT molecular complexity index is 1270. The Morgan fingerprint density at radius 1 is 1.12 bits per heavy atom. The van der Waals surface area contributed by atoms with Gasteiger partial charge in [0.15, 0.2) is 5.82 Å². The number of morpholine rings is 1. The van der Waals surface area contributed by atoms with Crippen LogP contribution in [0, 0.1) is 6.92 Å². The van der Waals surface area contributed by atoms with Crippen molar-refractivity contribution in [3.63, 3.8) is 0 Å². The van der Waals surface area contributed by atoms with Gasteiger partial charge in [0.05, 0.1) is 30.6 Å². The molecular weight excluding hydrogens is 423 g/mol. The zero-order chi connectivity index (χ0) is 22.5. The molecular formula is C21H20F3N7O. The molecule has 4 aromatic rings. The smallest absolute Gasteiger partial charge is 0.367 e. The van der Waals surface area contributed by atoms with E-state index in [0.717, 1.165) is 23.5 Å². The molecule has 1 fully saturated rings. The predicted octanol–water partition coefficient (Wildman–Crippen LogP) is 3.81. The number of aryl methyl sites for hydroxylation is 1. The lowest BCUT2D eigenvalue weighted by atomic mass is 10.1. The Morgan fingerprint density at radius 2 is 1.97 bits per heavy atom. The second kappa shape index (κ2) is 7.59. The van der Waals surface area contributed by atoms with Crippen molar-refractivity contribution < 1.29 is 17.9 Å². The lowest BCUT2D eigenvalue weighted by molar-refractivity contribution is -0.137. The number of aromatic amines is 1. The lowest BCUT2D eigenvalue weighted by Gasteiger charge is -2.37. The van der Waals surface area contributed by atoms with Crippen LogP contribution in [0.15, 0.2) is 43.0 Å². The number of halogens is 3. The van der Waals surface area contributed by atoms with Gasteiger partial charge in [-0.2, -0.15) is 18.3 Å². The average Bonchev–Trinajstić information content (AvgIpc) is 3.38. The van der Waals surface area contributed by atoms with Gasteiger partial charge in [0.1, 0.15) is 23.3 Å². The molecule has 0 aromatic carbocycles. The Labute approximate surface area is 181 Å². The van der Waals surface area contributed by atoms with Gasteiger partial charge in [-0.1, -0.05) is 0 Å². The molecule has 1 aliphatic rings. The first-order valence-electron chi connectivity index (χ1n) is 10.1. The number of hydrogen-bond donors (Lipinski definition) is 1. The lowest BCUT2D eigenvalue weighted by Crippen LogP contribution is -2.43. The molecule has 0 spiro atoms. The third kappa shape index (κ3) is 3.68. The van der Waals surface area contributed by atoms with Gasteiger partial charge in [-0.05, 0) is 32.0 Å². The number of nitrogens with zero attached hydrogens (tertiary/aromatic N) is 6. The summed E-state index contributed by atoms with van der Waals surface area (Å²) in [6.07, 6.45) is 1.17. The molecule has 0 amide bonds. The summed E-state index contributed by atoms with van der Waals surface area (Å²) in [6.45, 7) is 5.11. The fraction of sp³-hybridized carbons (Fsp3) is 0.333. The van der Waals surface area contributed by atoms with Gasteiger partial charge >= 0.3 is 6.18 Å². The largest absolute Gasteiger partial charge is 0.417 e. The van der Waals surface area contributed by atoms with E-state index in [1.54, 1.807) is 18.5 Å². The van der Waals surface area contributed by atoms with Crippen molar-refractivity contribution in [1.82, 2.24) is 29.5 Å². The molecule has 166 valence electrons. The minimum Gasteiger partial charge on any atom is -0.367 e. The first-order valence-corrected chi connectivity index (χ1v) is 10.1. The van der Waals surface area contributed by atoms with Crippen LogP contribution in [0.3, 0.4) is 0 Å². The van der Waals surface area contributed by atoms with E-state index in [1.807, 2.05) is 13.8 Å². The third-order valence-corrected chi connectivity index (χ3v) is 5.50. The normalized spacial score (nSPS) is 19.6. The van der Waals surface area contributed by atoms with Gasteiger partial charge in [0.2, 0.25) is 0 Å². The van der Waals surface area contributed by atoms with Crippen LogP contribution in [-0.4, -0.2) is 48.7 Å². The molecule has 11 heteroatoms. The van der Waals surface area contributed by atoms with Gasteiger partial charge in [0.25, 0.3) is 0 Å². The Balaban J connectivity index is 1.49. The molecule has 32 heavy (non-hydrogen) atoms. The van der Waals surface area contributed by atoms with Gasteiger partial charge < -0.3 is 9.64 Å². The molecule has 8 nitrogen and oxygen atoms in total. The third-order valence-electron chi connectivity index (χ3n) is 5.50. The molecule has 0 aliphatic carbocycles. The van der Waals surface area contributed by atoms with Gasteiger partial charge in [0, 0.05) is 30.2 Å². The Morgan fingerprint density at radius 3 is 2.72 bits per heavy atom. The summed E-state index contributed by atoms with van der Waals surface area (Å²) in [6, 6.07) is 4.12. The quantitative estimate of drug-likeness (QED) is 0.519. The number of rotatable bonds is 3. The zero-order valence-electron chi connectivity index (χ0n) is 17.3. The second-order valence-electron chi connectivity index (χ2n) is 7.82. The summed E-state index contributed by atoms with van der Waals surface area (Å²) < 4.78 is 47.0. The minimum atomic E-state index is -4.46. The van der Waals surface area contributed by atoms with E-state index < -0.39 is 11.7 Å². The Hall–Kier alpha value is -3.47. The number of fused-ring (bicyclic) bond motifs is 1. The molecule has 0 unspecified atom stereocenters. The van der Waals surface area contributed by atoms with Crippen LogP contribution >= 0.6 is 0 Å². The van der Waals surface area contributed by atoms with E-state index in [9.17, 15) is 13.2 Å². The highest BCUT2D eigenvalue weighted by molar-refractivity contribution is 5.59. The minimum absolute atomic E-state index is 0.0494. The van der Waals surface area contributed by atoms with Crippen molar-refractivity contribution in [1.29, 1.82) is 0 Å². The standard InChI is InChI=1S/C21H20F3N7O/c1-12-9-30(11-17(32-12)15-7-27-29-13(15)2)19-5-6-25-20(28-19)16-8-26-18-4-3-14(10-31(16)18)21(22,23)24/h3-8,10,12,17H,9,11H2,1-2H3,(H,27,29)/t12-,17-/m1/s1. The number of ether oxygens (including phenoxy) is 1. The van der Waals surface area contributed by atoms with Gasteiger partial charge in [-0.3, -0.25) is 9.50 Å². The number of anilines is 1. The number of pyridine rings is 1. The van der Waals surface area contributed by atoms with Crippen molar-refractivity contribution in [2.75, 3.05) is 18.0 Å². The summed E-state index contributed by atoms with van der Waals surface area (Å²) >= 11 is 0.